The van der Waals surface area contributed by atoms with Gasteiger partial charge in [0.1, 0.15) is 0 Å². The van der Waals surface area contributed by atoms with Crippen molar-refractivity contribution in [1.82, 2.24) is 20.1 Å². The molecule has 0 spiro atoms. The lowest BCUT2D eigenvalue weighted by molar-refractivity contribution is 0.580. The minimum atomic E-state index is 0.468. The van der Waals surface area contributed by atoms with E-state index in [4.69, 9.17) is 0 Å². The number of aromatic nitrogens is 3. The van der Waals surface area contributed by atoms with Crippen LogP contribution >= 0.6 is 0 Å². The molecule has 0 aliphatic carbocycles. The van der Waals surface area contributed by atoms with Gasteiger partial charge in [-0.2, -0.15) is 5.10 Å². The highest BCUT2D eigenvalue weighted by atomic mass is 15.3. The van der Waals surface area contributed by atoms with Crippen molar-refractivity contribution in [3.63, 3.8) is 0 Å². The molecule has 0 radical (unpaired) electrons. The van der Waals surface area contributed by atoms with Gasteiger partial charge in [0, 0.05) is 25.0 Å². The molecule has 2 rings (SSSR count). The van der Waals surface area contributed by atoms with Gasteiger partial charge < -0.3 is 5.32 Å². The fraction of sp³-hybridized carbons (Fsp3) is 0.333. The van der Waals surface area contributed by atoms with Crippen LogP contribution in [0.25, 0.3) is 5.82 Å². The zero-order valence-electron chi connectivity index (χ0n) is 9.59. The molecule has 4 nitrogen and oxygen atoms in total. The van der Waals surface area contributed by atoms with E-state index in [1.165, 1.54) is 0 Å². The van der Waals surface area contributed by atoms with Crippen LogP contribution in [0.15, 0.2) is 36.7 Å². The lowest BCUT2D eigenvalue weighted by Gasteiger charge is -2.08. The van der Waals surface area contributed by atoms with Crippen molar-refractivity contribution in [2.75, 3.05) is 0 Å². The van der Waals surface area contributed by atoms with Crippen LogP contribution in [-0.2, 0) is 6.54 Å². The zero-order valence-corrected chi connectivity index (χ0v) is 9.59. The molecule has 0 aliphatic rings. The van der Waals surface area contributed by atoms with Crippen LogP contribution in [-0.4, -0.2) is 20.8 Å². The van der Waals surface area contributed by atoms with E-state index in [0.717, 1.165) is 18.1 Å². The number of hydrogen-bond acceptors (Lipinski definition) is 3. The van der Waals surface area contributed by atoms with Gasteiger partial charge in [0.25, 0.3) is 0 Å². The Morgan fingerprint density at radius 1 is 1.31 bits per heavy atom. The number of nitrogens with zero attached hydrogens (tertiary/aromatic N) is 3. The van der Waals surface area contributed by atoms with Crippen LogP contribution < -0.4 is 5.32 Å². The van der Waals surface area contributed by atoms with Crippen LogP contribution in [0, 0.1) is 0 Å². The smallest absolute Gasteiger partial charge is 0.153 e. The molecule has 0 aliphatic heterocycles. The van der Waals surface area contributed by atoms with Gasteiger partial charge in [-0.15, -0.1) is 0 Å². The summed E-state index contributed by atoms with van der Waals surface area (Å²) in [6.07, 6.45) is 3.64. The zero-order chi connectivity index (χ0) is 11.4. The summed E-state index contributed by atoms with van der Waals surface area (Å²) in [4.78, 5) is 4.53. The van der Waals surface area contributed by atoms with Gasteiger partial charge >= 0.3 is 0 Å². The van der Waals surface area contributed by atoms with E-state index in [1.54, 1.807) is 10.9 Å². The average Bonchev–Trinajstić information content (AvgIpc) is 2.80. The molecule has 2 aromatic heterocycles. The van der Waals surface area contributed by atoms with E-state index in [9.17, 15) is 0 Å². The predicted molar refractivity (Wildman–Crippen MR) is 63.3 cm³/mol. The highest BCUT2D eigenvalue weighted by molar-refractivity contribution is 5.23. The highest BCUT2D eigenvalue weighted by Crippen LogP contribution is 2.04. The monoisotopic (exact) mass is 216 g/mol. The summed E-state index contributed by atoms with van der Waals surface area (Å²) in [5.41, 5.74) is 1.03. The normalized spacial score (nSPS) is 10.9. The molecule has 0 bridgehead atoms. The van der Waals surface area contributed by atoms with Crippen molar-refractivity contribution >= 4 is 0 Å². The molecule has 4 heteroatoms. The van der Waals surface area contributed by atoms with E-state index in [0.29, 0.717) is 6.04 Å². The van der Waals surface area contributed by atoms with Gasteiger partial charge in [-0.1, -0.05) is 19.9 Å². The van der Waals surface area contributed by atoms with E-state index in [2.05, 4.69) is 29.2 Å². The Bertz CT molecular complexity index is 434. The van der Waals surface area contributed by atoms with Crippen LogP contribution in [0.4, 0.5) is 0 Å². The standard InChI is InChI=1S/C12H16N4/c1-10(2)13-9-11-5-3-6-12(15-11)16-8-4-7-14-16/h3-8,10,13H,9H2,1-2H3. The third-order valence-corrected chi connectivity index (χ3v) is 2.22. The first-order chi connectivity index (χ1) is 7.75. The van der Waals surface area contributed by atoms with Gasteiger partial charge in [-0.25, -0.2) is 9.67 Å². The van der Waals surface area contributed by atoms with E-state index < -0.39 is 0 Å². The number of pyridine rings is 1. The second kappa shape index (κ2) is 4.90. The quantitative estimate of drug-likeness (QED) is 0.847. The molecule has 2 heterocycles. The fourth-order valence-electron chi connectivity index (χ4n) is 1.41. The van der Waals surface area contributed by atoms with Gasteiger partial charge in [-0.05, 0) is 18.2 Å². The molecule has 0 saturated carbocycles. The van der Waals surface area contributed by atoms with Crippen molar-refractivity contribution in [1.29, 1.82) is 0 Å². The topological polar surface area (TPSA) is 42.7 Å². The van der Waals surface area contributed by atoms with E-state index >= 15 is 0 Å². The van der Waals surface area contributed by atoms with Crippen molar-refractivity contribution in [3.05, 3.63) is 42.4 Å². The molecule has 0 saturated heterocycles. The molecule has 0 amide bonds. The number of hydrogen-bond donors (Lipinski definition) is 1. The summed E-state index contributed by atoms with van der Waals surface area (Å²) in [5, 5.41) is 7.50. The van der Waals surface area contributed by atoms with Gasteiger partial charge in [0.2, 0.25) is 0 Å². The van der Waals surface area contributed by atoms with Gasteiger partial charge in [-0.3, -0.25) is 0 Å². The maximum atomic E-state index is 4.53. The Hall–Kier alpha value is -1.68. The lowest BCUT2D eigenvalue weighted by atomic mass is 10.3. The van der Waals surface area contributed by atoms with Crippen molar-refractivity contribution < 1.29 is 0 Å². The van der Waals surface area contributed by atoms with Crippen molar-refractivity contribution in [2.45, 2.75) is 26.4 Å². The van der Waals surface area contributed by atoms with Gasteiger partial charge in [0.05, 0.1) is 5.69 Å². The number of rotatable bonds is 4. The SMILES string of the molecule is CC(C)NCc1cccc(-n2cccn2)n1. The molecule has 0 fully saturated rings. The molecule has 0 aromatic carbocycles. The molecular formula is C12H16N4. The summed E-state index contributed by atoms with van der Waals surface area (Å²) in [6.45, 7) is 5.03. The van der Waals surface area contributed by atoms with E-state index in [-0.39, 0.29) is 0 Å². The van der Waals surface area contributed by atoms with Crippen molar-refractivity contribution in [3.8, 4) is 5.82 Å². The Balaban J connectivity index is 2.14. The van der Waals surface area contributed by atoms with Crippen LogP contribution in [0.2, 0.25) is 0 Å². The number of nitrogens with one attached hydrogen (secondary N) is 1. The molecule has 84 valence electrons. The molecule has 2 aromatic rings. The molecule has 0 atom stereocenters. The highest BCUT2D eigenvalue weighted by Gasteiger charge is 2.00. The lowest BCUT2D eigenvalue weighted by Crippen LogP contribution is -2.22. The maximum absolute atomic E-state index is 4.53. The van der Waals surface area contributed by atoms with Crippen LogP contribution in [0.1, 0.15) is 19.5 Å². The Morgan fingerprint density at radius 2 is 2.19 bits per heavy atom. The van der Waals surface area contributed by atoms with E-state index in [1.807, 2.05) is 30.5 Å². The third kappa shape index (κ3) is 2.67. The third-order valence-electron chi connectivity index (χ3n) is 2.22. The second-order valence-corrected chi connectivity index (χ2v) is 3.97. The Labute approximate surface area is 95.3 Å². The summed E-state index contributed by atoms with van der Waals surface area (Å²) >= 11 is 0. The second-order valence-electron chi connectivity index (χ2n) is 3.97. The Kier molecular flexibility index (Phi) is 3.31. The largest absolute Gasteiger partial charge is 0.309 e. The first-order valence-electron chi connectivity index (χ1n) is 5.45. The Morgan fingerprint density at radius 3 is 2.88 bits per heavy atom. The summed E-state index contributed by atoms with van der Waals surface area (Å²) in [7, 11) is 0. The summed E-state index contributed by atoms with van der Waals surface area (Å²) in [6, 6.07) is 8.33. The maximum Gasteiger partial charge on any atom is 0.153 e. The molecular weight excluding hydrogens is 200 g/mol. The molecule has 0 unspecified atom stereocenters. The first-order valence-corrected chi connectivity index (χ1v) is 5.45. The molecule has 1 N–H and O–H groups in total. The van der Waals surface area contributed by atoms with Gasteiger partial charge in [0.15, 0.2) is 5.82 Å². The van der Waals surface area contributed by atoms with Crippen LogP contribution in [0.3, 0.4) is 0 Å². The van der Waals surface area contributed by atoms with Crippen LogP contribution in [0.5, 0.6) is 0 Å². The minimum Gasteiger partial charge on any atom is -0.309 e. The minimum absolute atomic E-state index is 0.468. The predicted octanol–water partition coefficient (Wildman–Crippen LogP) is 1.77. The van der Waals surface area contributed by atoms with Crippen molar-refractivity contribution in [2.24, 2.45) is 0 Å². The average molecular weight is 216 g/mol. The first kappa shape index (κ1) is 10.8. The molecule has 16 heavy (non-hydrogen) atoms. The summed E-state index contributed by atoms with van der Waals surface area (Å²) in [5.74, 6) is 0.855. The summed E-state index contributed by atoms with van der Waals surface area (Å²) < 4.78 is 1.76. The fourth-order valence-corrected chi connectivity index (χ4v) is 1.41.